The average Bonchev–Trinajstić information content (AvgIpc) is 2.66. The summed E-state index contributed by atoms with van der Waals surface area (Å²) >= 11 is 0. The van der Waals surface area contributed by atoms with E-state index in [4.69, 9.17) is 10.5 Å². The summed E-state index contributed by atoms with van der Waals surface area (Å²) in [5, 5.41) is 6.57. The fourth-order valence-corrected chi connectivity index (χ4v) is 2.75. The van der Waals surface area contributed by atoms with Gasteiger partial charge >= 0.3 is 0 Å². The third-order valence-electron chi connectivity index (χ3n) is 4.10. The molecule has 0 unspecified atom stereocenters. The van der Waals surface area contributed by atoms with E-state index in [1.165, 1.54) is 5.56 Å². The molecule has 6 nitrogen and oxygen atoms in total. The van der Waals surface area contributed by atoms with E-state index in [1.54, 1.807) is 19.2 Å². The summed E-state index contributed by atoms with van der Waals surface area (Å²) in [6, 6.07) is 13.4. The van der Waals surface area contributed by atoms with Crippen molar-refractivity contribution >= 4 is 35.8 Å². The number of aliphatic imine (C=N–C) groups is 1. The van der Waals surface area contributed by atoms with Gasteiger partial charge in [-0.3, -0.25) is 4.79 Å². The van der Waals surface area contributed by atoms with Crippen LogP contribution in [0.25, 0.3) is 0 Å². The Morgan fingerprint density at radius 3 is 2.64 bits per heavy atom. The second-order valence-corrected chi connectivity index (χ2v) is 6.25. The summed E-state index contributed by atoms with van der Waals surface area (Å²) in [7, 11) is 1.69. The Morgan fingerprint density at radius 2 is 1.96 bits per heavy atom. The Kier molecular flexibility index (Phi) is 10.4. The molecule has 1 amide bonds. The third kappa shape index (κ3) is 7.38. The normalized spacial score (nSPS) is 10.8. The van der Waals surface area contributed by atoms with Gasteiger partial charge < -0.3 is 21.1 Å². The second kappa shape index (κ2) is 12.2. The number of benzene rings is 2. The lowest BCUT2D eigenvalue weighted by Crippen LogP contribution is -2.38. The van der Waals surface area contributed by atoms with E-state index in [9.17, 15) is 4.79 Å². The molecular weight excluding hydrogens is 467 g/mol. The Hall–Kier alpha value is -2.29. The summed E-state index contributed by atoms with van der Waals surface area (Å²) in [4.78, 5) is 15.9. The largest absolute Gasteiger partial charge is 0.496 e. The van der Waals surface area contributed by atoms with E-state index in [-0.39, 0.29) is 24.0 Å². The topological polar surface area (TPSA) is 88.7 Å². The van der Waals surface area contributed by atoms with Crippen molar-refractivity contribution in [2.45, 2.75) is 26.8 Å². The standard InChI is InChI=1S/C21H28N4O2.HI/c1-4-23-21(25-14-16-6-5-7-18(13-16)20(22)26)24-11-10-17-12-15(2)8-9-19(17)27-3;/h5-9,12-13H,4,10-11,14H2,1-3H3,(H2,22,26)(H2,23,24,25);1H. The highest BCUT2D eigenvalue weighted by molar-refractivity contribution is 14.0. The number of hydrogen-bond donors (Lipinski definition) is 3. The summed E-state index contributed by atoms with van der Waals surface area (Å²) < 4.78 is 5.43. The maximum atomic E-state index is 11.3. The molecule has 2 rings (SSSR count). The molecule has 2 aromatic carbocycles. The van der Waals surface area contributed by atoms with Gasteiger partial charge in [0, 0.05) is 18.7 Å². The van der Waals surface area contributed by atoms with Crippen LogP contribution in [0.1, 0.15) is 34.0 Å². The van der Waals surface area contributed by atoms with E-state index in [2.05, 4.69) is 28.6 Å². The molecule has 0 heterocycles. The zero-order valence-electron chi connectivity index (χ0n) is 16.6. The number of rotatable bonds is 8. The quantitative estimate of drug-likeness (QED) is 0.298. The molecule has 152 valence electrons. The number of ether oxygens (including phenoxy) is 1. The van der Waals surface area contributed by atoms with Crippen LogP contribution in [0.4, 0.5) is 0 Å². The molecule has 7 heteroatoms. The number of primary amides is 1. The van der Waals surface area contributed by atoms with Gasteiger partial charge in [-0.15, -0.1) is 24.0 Å². The first kappa shape index (κ1) is 23.7. The Balaban J connectivity index is 0.00000392. The van der Waals surface area contributed by atoms with Gasteiger partial charge in [-0.2, -0.15) is 0 Å². The van der Waals surface area contributed by atoms with Crippen LogP contribution in [0.5, 0.6) is 5.75 Å². The van der Waals surface area contributed by atoms with E-state index >= 15 is 0 Å². The zero-order valence-corrected chi connectivity index (χ0v) is 18.9. The number of halogens is 1. The molecule has 0 saturated carbocycles. The highest BCUT2D eigenvalue weighted by atomic mass is 127. The van der Waals surface area contributed by atoms with Gasteiger partial charge in [-0.05, 0) is 49.6 Å². The molecule has 0 aliphatic heterocycles. The lowest BCUT2D eigenvalue weighted by molar-refractivity contribution is 0.1000. The Labute approximate surface area is 184 Å². The third-order valence-corrected chi connectivity index (χ3v) is 4.10. The van der Waals surface area contributed by atoms with Crippen LogP contribution in [0, 0.1) is 6.92 Å². The number of hydrogen-bond acceptors (Lipinski definition) is 3. The van der Waals surface area contributed by atoms with Crippen molar-refractivity contribution in [2.75, 3.05) is 20.2 Å². The molecular formula is C21H29IN4O2. The van der Waals surface area contributed by atoms with Crippen LogP contribution in [0.3, 0.4) is 0 Å². The molecule has 0 fully saturated rings. The van der Waals surface area contributed by atoms with Gasteiger partial charge in [0.2, 0.25) is 5.91 Å². The minimum Gasteiger partial charge on any atom is -0.496 e. The maximum Gasteiger partial charge on any atom is 0.248 e. The van der Waals surface area contributed by atoms with Gasteiger partial charge in [-0.25, -0.2) is 4.99 Å². The Bertz CT molecular complexity index is 809. The zero-order chi connectivity index (χ0) is 19.6. The Morgan fingerprint density at radius 1 is 1.18 bits per heavy atom. The molecule has 0 spiro atoms. The van der Waals surface area contributed by atoms with E-state index < -0.39 is 5.91 Å². The van der Waals surface area contributed by atoms with Crippen LogP contribution in [0.15, 0.2) is 47.5 Å². The minimum atomic E-state index is -0.432. The number of nitrogens with two attached hydrogens (primary N) is 1. The van der Waals surface area contributed by atoms with Gasteiger partial charge in [0.05, 0.1) is 13.7 Å². The average molecular weight is 496 g/mol. The smallest absolute Gasteiger partial charge is 0.248 e. The SMILES string of the molecule is CCNC(=NCc1cccc(C(N)=O)c1)NCCc1cc(C)ccc1OC.I. The summed E-state index contributed by atoms with van der Waals surface area (Å²) in [5.74, 6) is 1.19. The van der Waals surface area contributed by atoms with Crippen LogP contribution in [0.2, 0.25) is 0 Å². The lowest BCUT2D eigenvalue weighted by Gasteiger charge is -2.13. The molecule has 2 aromatic rings. The fourth-order valence-electron chi connectivity index (χ4n) is 2.75. The van der Waals surface area contributed by atoms with Gasteiger partial charge in [0.15, 0.2) is 5.96 Å². The van der Waals surface area contributed by atoms with Crippen molar-refractivity contribution in [1.82, 2.24) is 10.6 Å². The number of carbonyl (C=O) groups is 1. The number of nitrogens with one attached hydrogen (secondary N) is 2. The molecule has 28 heavy (non-hydrogen) atoms. The molecule has 0 radical (unpaired) electrons. The maximum absolute atomic E-state index is 11.3. The van der Waals surface area contributed by atoms with Crippen LogP contribution in [-0.4, -0.2) is 32.1 Å². The monoisotopic (exact) mass is 496 g/mol. The van der Waals surface area contributed by atoms with Crippen LogP contribution in [-0.2, 0) is 13.0 Å². The molecule has 0 aliphatic carbocycles. The van der Waals surface area contributed by atoms with Crippen molar-refractivity contribution in [3.63, 3.8) is 0 Å². The molecule has 0 aromatic heterocycles. The van der Waals surface area contributed by atoms with Crippen molar-refractivity contribution in [2.24, 2.45) is 10.7 Å². The first-order valence-corrected chi connectivity index (χ1v) is 9.08. The molecule has 0 atom stereocenters. The van der Waals surface area contributed by atoms with Crippen molar-refractivity contribution in [3.8, 4) is 5.75 Å². The van der Waals surface area contributed by atoms with Crippen LogP contribution < -0.4 is 21.1 Å². The van der Waals surface area contributed by atoms with E-state index in [0.717, 1.165) is 42.3 Å². The molecule has 0 aliphatic rings. The minimum absolute atomic E-state index is 0. The number of carbonyl (C=O) groups excluding carboxylic acids is 1. The van der Waals surface area contributed by atoms with E-state index in [0.29, 0.717) is 12.1 Å². The first-order chi connectivity index (χ1) is 13.0. The molecule has 4 N–H and O–H groups in total. The van der Waals surface area contributed by atoms with E-state index in [1.807, 2.05) is 31.2 Å². The number of methoxy groups -OCH3 is 1. The predicted octanol–water partition coefficient (Wildman–Crippen LogP) is 3.02. The number of amides is 1. The van der Waals surface area contributed by atoms with Crippen molar-refractivity contribution < 1.29 is 9.53 Å². The number of guanidine groups is 1. The van der Waals surface area contributed by atoms with Crippen LogP contribution >= 0.6 is 24.0 Å². The summed E-state index contributed by atoms with van der Waals surface area (Å²) in [6.45, 7) is 6.05. The highest BCUT2D eigenvalue weighted by Crippen LogP contribution is 2.19. The van der Waals surface area contributed by atoms with Crippen molar-refractivity contribution in [1.29, 1.82) is 0 Å². The first-order valence-electron chi connectivity index (χ1n) is 9.08. The molecule has 0 saturated heterocycles. The fraction of sp³-hybridized carbons (Fsp3) is 0.333. The molecule has 0 bridgehead atoms. The summed E-state index contributed by atoms with van der Waals surface area (Å²) in [5.41, 5.74) is 9.13. The van der Waals surface area contributed by atoms with Gasteiger partial charge in [0.25, 0.3) is 0 Å². The summed E-state index contributed by atoms with van der Waals surface area (Å²) in [6.07, 6.45) is 0.826. The predicted molar refractivity (Wildman–Crippen MR) is 125 cm³/mol. The van der Waals surface area contributed by atoms with Gasteiger partial charge in [0.1, 0.15) is 5.75 Å². The lowest BCUT2D eigenvalue weighted by atomic mass is 10.1. The van der Waals surface area contributed by atoms with Gasteiger partial charge in [-0.1, -0.05) is 29.8 Å². The highest BCUT2D eigenvalue weighted by Gasteiger charge is 2.05. The number of aryl methyl sites for hydroxylation is 1. The second-order valence-electron chi connectivity index (χ2n) is 6.25. The number of nitrogens with zero attached hydrogens (tertiary/aromatic N) is 1. The van der Waals surface area contributed by atoms with Crippen molar-refractivity contribution in [3.05, 3.63) is 64.7 Å².